The molecule has 3 heteroatoms. The normalized spacial score (nSPS) is 22.1. The van der Waals surface area contributed by atoms with Crippen molar-refractivity contribution in [1.82, 2.24) is 5.32 Å². The molecule has 1 aliphatic heterocycles. The maximum absolute atomic E-state index is 5.80. The van der Waals surface area contributed by atoms with Crippen LogP contribution in [0.25, 0.3) is 11.0 Å². The number of para-hydroxylation sites is 1. The second kappa shape index (κ2) is 4.28. The fraction of sp³-hybridized carbons (Fsp3) is 0.385. The van der Waals surface area contributed by atoms with Crippen LogP contribution < -0.4 is 5.32 Å². The Labute approximate surface area is 94.4 Å². The second-order valence-corrected chi connectivity index (χ2v) is 4.10. The standard InChI is InChI=1S/C13H15NO2/c1-2-5-11-10(4-1)8-12(16-11)13-9-14-6-3-7-15-13/h1-2,4-5,8,13-14H,3,6-7,9H2. The van der Waals surface area contributed by atoms with Crippen molar-refractivity contribution in [2.24, 2.45) is 0 Å². The van der Waals surface area contributed by atoms with E-state index in [4.69, 9.17) is 9.15 Å². The molecular formula is C13H15NO2. The van der Waals surface area contributed by atoms with Gasteiger partial charge in [0.25, 0.3) is 0 Å². The lowest BCUT2D eigenvalue weighted by Gasteiger charge is -2.11. The van der Waals surface area contributed by atoms with Crippen molar-refractivity contribution in [1.29, 1.82) is 0 Å². The largest absolute Gasteiger partial charge is 0.458 e. The van der Waals surface area contributed by atoms with Gasteiger partial charge < -0.3 is 14.5 Å². The van der Waals surface area contributed by atoms with Gasteiger partial charge in [-0.2, -0.15) is 0 Å². The number of hydrogen-bond donors (Lipinski definition) is 1. The molecule has 1 unspecified atom stereocenters. The first kappa shape index (κ1) is 9.87. The molecule has 1 aromatic heterocycles. The van der Waals surface area contributed by atoms with Crippen molar-refractivity contribution in [3.63, 3.8) is 0 Å². The highest BCUT2D eigenvalue weighted by molar-refractivity contribution is 5.77. The lowest BCUT2D eigenvalue weighted by molar-refractivity contribution is 0.0525. The number of ether oxygens (including phenoxy) is 1. The quantitative estimate of drug-likeness (QED) is 0.797. The fourth-order valence-electron chi connectivity index (χ4n) is 2.06. The summed E-state index contributed by atoms with van der Waals surface area (Å²) >= 11 is 0. The molecule has 0 spiro atoms. The molecule has 0 amide bonds. The SMILES string of the molecule is c1ccc2oc(C3CNCCCO3)cc2c1. The van der Waals surface area contributed by atoms with Crippen molar-refractivity contribution in [3.05, 3.63) is 36.1 Å². The Morgan fingerprint density at radius 3 is 3.12 bits per heavy atom. The minimum Gasteiger partial charge on any atom is -0.458 e. The molecule has 2 aromatic rings. The molecule has 1 N–H and O–H groups in total. The Bertz CT molecular complexity index is 436. The third kappa shape index (κ3) is 1.84. The Kier molecular flexibility index (Phi) is 2.64. The Morgan fingerprint density at radius 1 is 1.25 bits per heavy atom. The highest BCUT2D eigenvalue weighted by Crippen LogP contribution is 2.26. The highest BCUT2D eigenvalue weighted by Gasteiger charge is 2.18. The first-order chi connectivity index (χ1) is 7.93. The van der Waals surface area contributed by atoms with E-state index in [-0.39, 0.29) is 6.10 Å². The first-order valence-corrected chi connectivity index (χ1v) is 5.74. The fourth-order valence-corrected chi connectivity index (χ4v) is 2.06. The summed E-state index contributed by atoms with van der Waals surface area (Å²) in [5, 5.41) is 4.50. The molecule has 1 aliphatic rings. The average molecular weight is 217 g/mol. The van der Waals surface area contributed by atoms with Crippen molar-refractivity contribution < 1.29 is 9.15 Å². The monoisotopic (exact) mass is 217 g/mol. The topological polar surface area (TPSA) is 34.4 Å². The summed E-state index contributed by atoms with van der Waals surface area (Å²) in [6, 6.07) is 10.1. The van der Waals surface area contributed by atoms with Gasteiger partial charge in [0, 0.05) is 18.5 Å². The van der Waals surface area contributed by atoms with Gasteiger partial charge in [-0.15, -0.1) is 0 Å². The lowest BCUT2D eigenvalue weighted by Crippen LogP contribution is -2.19. The summed E-state index contributed by atoms with van der Waals surface area (Å²) in [7, 11) is 0. The van der Waals surface area contributed by atoms with Gasteiger partial charge in [-0.05, 0) is 25.1 Å². The lowest BCUT2D eigenvalue weighted by atomic mass is 10.2. The minimum atomic E-state index is 0.0508. The van der Waals surface area contributed by atoms with Crippen LogP contribution in [0.4, 0.5) is 0 Å². The molecule has 3 rings (SSSR count). The Balaban J connectivity index is 1.92. The van der Waals surface area contributed by atoms with E-state index < -0.39 is 0 Å². The molecule has 16 heavy (non-hydrogen) atoms. The van der Waals surface area contributed by atoms with E-state index in [0.29, 0.717) is 0 Å². The molecule has 2 heterocycles. The van der Waals surface area contributed by atoms with Crippen molar-refractivity contribution in [2.45, 2.75) is 12.5 Å². The number of fused-ring (bicyclic) bond motifs is 1. The Morgan fingerprint density at radius 2 is 2.19 bits per heavy atom. The van der Waals surface area contributed by atoms with Crippen molar-refractivity contribution >= 4 is 11.0 Å². The zero-order valence-electron chi connectivity index (χ0n) is 9.11. The number of rotatable bonds is 1. The van der Waals surface area contributed by atoms with Crippen LogP contribution in [0.2, 0.25) is 0 Å². The zero-order chi connectivity index (χ0) is 10.8. The van der Waals surface area contributed by atoms with Crippen LogP contribution >= 0.6 is 0 Å². The molecule has 1 saturated heterocycles. The number of nitrogens with one attached hydrogen (secondary N) is 1. The van der Waals surface area contributed by atoms with Crippen LogP contribution in [0.3, 0.4) is 0 Å². The van der Waals surface area contributed by atoms with Gasteiger partial charge in [-0.1, -0.05) is 18.2 Å². The Hall–Kier alpha value is -1.32. The van der Waals surface area contributed by atoms with Gasteiger partial charge in [0.05, 0.1) is 0 Å². The molecule has 84 valence electrons. The number of furan rings is 1. The minimum absolute atomic E-state index is 0.0508. The second-order valence-electron chi connectivity index (χ2n) is 4.10. The predicted molar refractivity (Wildman–Crippen MR) is 62.4 cm³/mol. The van der Waals surface area contributed by atoms with Crippen molar-refractivity contribution in [3.8, 4) is 0 Å². The van der Waals surface area contributed by atoms with E-state index >= 15 is 0 Å². The number of benzene rings is 1. The van der Waals surface area contributed by atoms with Gasteiger partial charge >= 0.3 is 0 Å². The molecule has 0 bridgehead atoms. The van der Waals surface area contributed by atoms with Crippen LogP contribution in [0.15, 0.2) is 34.7 Å². The maximum atomic E-state index is 5.80. The molecule has 0 radical (unpaired) electrons. The van der Waals surface area contributed by atoms with E-state index in [1.807, 2.05) is 18.2 Å². The van der Waals surface area contributed by atoms with Gasteiger partial charge in [0.15, 0.2) is 0 Å². The average Bonchev–Trinajstić information content (AvgIpc) is 2.56. The smallest absolute Gasteiger partial charge is 0.135 e. The highest BCUT2D eigenvalue weighted by atomic mass is 16.5. The summed E-state index contributed by atoms with van der Waals surface area (Å²) in [5.41, 5.74) is 0.936. The number of hydrogen-bond acceptors (Lipinski definition) is 3. The van der Waals surface area contributed by atoms with Crippen LogP contribution in [0.5, 0.6) is 0 Å². The van der Waals surface area contributed by atoms with E-state index in [9.17, 15) is 0 Å². The molecule has 1 fully saturated rings. The third-order valence-corrected chi connectivity index (χ3v) is 2.91. The molecule has 0 aliphatic carbocycles. The van der Waals surface area contributed by atoms with E-state index in [0.717, 1.165) is 42.8 Å². The van der Waals surface area contributed by atoms with E-state index in [1.54, 1.807) is 0 Å². The first-order valence-electron chi connectivity index (χ1n) is 5.74. The van der Waals surface area contributed by atoms with Crippen molar-refractivity contribution in [2.75, 3.05) is 19.7 Å². The summed E-state index contributed by atoms with van der Waals surface area (Å²) in [5.74, 6) is 0.926. The van der Waals surface area contributed by atoms with Crippen LogP contribution in [-0.4, -0.2) is 19.7 Å². The predicted octanol–water partition coefficient (Wildman–Crippen LogP) is 2.48. The van der Waals surface area contributed by atoms with E-state index in [2.05, 4.69) is 17.4 Å². The maximum Gasteiger partial charge on any atom is 0.135 e. The van der Waals surface area contributed by atoms with Crippen LogP contribution in [0, 0.1) is 0 Å². The van der Waals surface area contributed by atoms with Crippen LogP contribution in [-0.2, 0) is 4.74 Å². The molecule has 0 saturated carbocycles. The summed E-state index contributed by atoms with van der Waals surface area (Å²) < 4.78 is 11.6. The molecular weight excluding hydrogens is 202 g/mol. The van der Waals surface area contributed by atoms with Gasteiger partial charge in [0.2, 0.25) is 0 Å². The summed E-state index contributed by atoms with van der Waals surface area (Å²) in [4.78, 5) is 0. The van der Waals surface area contributed by atoms with Gasteiger partial charge in [-0.25, -0.2) is 0 Å². The van der Waals surface area contributed by atoms with E-state index in [1.165, 1.54) is 0 Å². The molecule has 1 atom stereocenters. The molecule has 3 nitrogen and oxygen atoms in total. The summed E-state index contributed by atoms with van der Waals surface area (Å²) in [6.45, 7) is 2.66. The van der Waals surface area contributed by atoms with Gasteiger partial charge in [-0.3, -0.25) is 0 Å². The molecule has 1 aromatic carbocycles. The summed E-state index contributed by atoms with van der Waals surface area (Å²) in [6.07, 6.45) is 1.12. The van der Waals surface area contributed by atoms with Crippen LogP contribution in [0.1, 0.15) is 18.3 Å². The third-order valence-electron chi connectivity index (χ3n) is 2.91. The zero-order valence-corrected chi connectivity index (χ0v) is 9.11. The van der Waals surface area contributed by atoms with Gasteiger partial charge in [0.1, 0.15) is 17.4 Å².